The second kappa shape index (κ2) is 11.1. The Balaban J connectivity index is 0.00000300. The first-order valence-electron chi connectivity index (χ1n) is 10.1. The highest BCUT2D eigenvalue weighted by Crippen LogP contribution is 2.23. The Kier molecular flexibility index (Phi) is 9.07. The third kappa shape index (κ3) is 5.78. The van der Waals surface area contributed by atoms with Crippen LogP contribution in [0.4, 0.5) is 5.69 Å². The van der Waals surface area contributed by atoms with E-state index in [-0.39, 0.29) is 24.0 Å². The van der Waals surface area contributed by atoms with Crippen LogP contribution < -0.4 is 15.5 Å². The Morgan fingerprint density at radius 2 is 2.10 bits per heavy atom. The molecule has 0 radical (unpaired) electrons. The molecule has 0 amide bonds. The van der Waals surface area contributed by atoms with E-state index in [9.17, 15) is 0 Å². The summed E-state index contributed by atoms with van der Waals surface area (Å²) in [6.07, 6.45) is 2.98. The fourth-order valence-electron chi connectivity index (χ4n) is 3.94. The van der Waals surface area contributed by atoms with Gasteiger partial charge >= 0.3 is 0 Å². The maximum atomic E-state index is 6.14. The van der Waals surface area contributed by atoms with Gasteiger partial charge in [-0.3, -0.25) is 9.67 Å². The molecule has 1 aromatic heterocycles. The molecule has 2 N–H and O–H groups in total. The number of aromatic nitrogens is 2. The number of rotatable bonds is 6. The molecule has 1 aromatic carbocycles. The summed E-state index contributed by atoms with van der Waals surface area (Å²) in [6, 6.07) is 8.41. The molecule has 0 spiro atoms. The Bertz CT molecular complexity index is 835. The summed E-state index contributed by atoms with van der Waals surface area (Å²) in [4.78, 5) is 6.79. The normalized spacial score (nSPS) is 16.7. The highest BCUT2D eigenvalue weighted by Gasteiger charge is 2.24. The monoisotopic (exact) mass is 530 g/mol. The highest BCUT2D eigenvalue weighted by molar-refractivity contribution is 14.0. The van der Waals surface area contributed by atoms with Gasteiger partial charge < -0.3 is 15.5 Å². The molecule has 0 bridgehead atoms. The molecular weight excluding hydrogens is 499 g/mol. The molecule has 1 atom stereocenters. The molecule has 2 heterocycles. The minimum Gasteiger partial charge on any atom is -0.369 e. The highest BCUT2D eigenvalue weighted by atomic mass is 127. The predicted molar refractivity (Wildman–Crippen MR) is 133 cm³/mol. The summed E-state index contributed by atoms with van der Waals surface area (Å²) >= 11 is 6.14. The van der Waals surface area contributed by atoms with E-state index < -0.39 is 0 Å². The lowest BCUT2D eigenvalue weighted by atomic mass is 10.1. The molecule has 1 saturated heterocycles. The molecule has 160 valence electrons. The average Bonchev–Trinajstić information content (AvgIpc) is 3.28. The lowest BCUT2D eigenvalue weighted by molar-refractivity contribution is 0.647. The van der Waals surface area contributed by atoms with Crippen molar-refractivity contribution < 1.29 is 0 Å². The SMILES string of the molecule is CCc1nn(C)c(CC)c1CNC(=NC)NC1CCN(c2cccc(Cl)c2)C1.I. The third-order valence-electron chi connectivity index (χ3n) is 5.39. The number of hydrogen-bond acceptors (Lipinski definition) is 3. The van der Waals surface area contributed by atoms with Crippen molar-refractivity contribution in [3.63, 3.8) is 0 Å². The number of nitrogens with zero attached hydrogens (tertiary/aromatic N) is 4. The van der Waals surface area contributed by atoms with E-state index >= 15 is 0 Å². The number of halogens is 2. The van der Waals surface area contributed by atoms with Crippen molar-refractivity contribution in [2.45, 2.75) is 45.7 Å². The molecule has 0 aliphatic carbocycles. The largest absolute Gasteiger partial charge is 0.369 e. The molecule has 1 aliphatic heterocycles. The van der Waals surface area contributed by atoms with Crippen molar-refractivity contribution in [3.05, 3.63) is 46.2 Å². The molecular formula is C21H32ClIN6. The van der Waals surface area contributed by atoms with Gasteiger partial charge in [-0.25, -0.2) is 0 Å². The van der Waals surface area contributed by atoms with Gasteiger partial charge in [-0.15, -0.1) is 24.0 Å². The minimum atomic E-state index is 0. The summed E-state index contributed by atoms with van der Waals surface area (Å²) in [5.41, 5.74) is 4.92. The fourth-order valence-corrected chi connectivity index (χ4v) is 4.12. The van der Waals surface area contributed by atoms with Gasteiger partial charge in [0.05, 0.1) is 5.69 Å². The van der Waals surface area contributed by atoms with Gasteiger partial charge in [0, 0.05) is 61.7 Å². The summed E-state index contributed by atoms with van der Waals surface area (Å²) in [5.74, 6) is 0.839. The molecule has 1 fully saturated rings. The molecule has 29 heavy (non-hydrogen) atoms. The van der Waals surface area contributed by atoms with E-state index in [4.69, 9.17) is 11.6 Å². The van der Waals surface area contributed by atoms with Gasteiger partial charge in [-0.05, 0) is 37.5 Å². The number of guanidine groups is 1. The van der Waals surface area contributed by atoms with Crippen molar-refractivity contribution in [1.82, 2.24) is 20.4 Å². The molecule has 1 unspecified atom stereocenters. The fraction of sp³-hybridized carbons (Fsp3) is 0.524. The number of anilines is 1. The van der Waals surface area contributed by atoms with Crippen LogP contribution in [0.15, 0.2) is 29.3 Å². The van der Waals surface area contributed by atoms with Crippen molar-refractivity contribution >= 4 is 47.2 Å². The van der Waals surface area contributed by atoms with Crippen LogP contribution in [-0.4, -0.2) is 41.9 Å². The van der Waals surface area contributed by atoms with Crippen LogP contribution in [0.1, 0.15) is 37.2 Å². The zero-order chi connectivity index (χ0) is 20.1. The topological polar surface area (TPSA) is 57.5 Å². The van der Waals surface area contributed by atoms with Gasteiger partial charge in [0.15, 0.2) is 5.96 Å². The first-order chi connectivity index (χ1) is 13.5. The number of benzene rings is 1. The van der Waals surface area contributed by atoms with Crippen LogP contribution in [0.25, 0.3) is 0 Å². The molecule has 1 aliphatic rings. The van der Waals surface area contributed by atoms with Crippen LogP contribution in [0.2, 0.25) is 5.02 Å². The summed E-state index contributed by atoms with van der Waals surface area (Å²) in [6.45, 7) is 7.02. The van der Waals surface area contributed by atoms with Gasteiger partial charge in [-0.1, -0.05) is 31.5 Å². The van der Waals surface area contributed by atoms with E-state index in [1.54, 1.807) is 0 Å². The Hall–Kier alpha value is -1.48. The summed E-state index contributed by atoms with van der Waals surface area (Å²) < 4.78 is 2.01. The zero-order valence-electron chi connectivity index (χ0n) is 17.7. The first kappa shape index (κ1) is 23.8. The molecule has 0 saturated carbocycles. The summed E-state index contributed by atoms with van der Waals surface area (Å²) in [7, 11) is 3.85. The number of hydrogen-bond donors (Lipinski definition) is 2. The maximum absolute atomic E-state index is 6.14. The summed E-state index contributed by atoms with van der Waals surface area (Å²) in [5, 5.41) is 12.5. The van der Waals surface area contributed by atoms with E-state index in [0.717, 1.165) is 55.6 Å². The predicted octanol–water partition coefficient (Wildman–Crippen LogP) is 3.76. The van der Waals surface area contributed by atoms with Crippen molar-refractivity contribution in [3.8, 4) is 0 Å². The molecule has 3 rings (SSSR count). The zero-order valence-corrected chi connectivity index (χ0v) is 20.8. The maximum Gasteiger partial charge on any atom is 0.191 e. The number of nitrogens with one attached hydrogen (secondary N) is 2. The average molecular weight is 531 g/mol. The van der Waals surface area contributed by atoms with Gasteiger partial charge in [-0.2, -0.15) is 5.10 Å². The van der Waals surface area contributed by atoms with E-state index in [0.29, 0.717) is 6.04 Å². The second-order valence-corrected chi connectivity index (χ2v) is 7.62. The van der Waals surface area contributed by atoms with Gasteiger partial charge in [0.25, 0.3) is 0 Å². The lowest BCUT2D eigenvalue weighted by Gasteiger charge is -2.20. The van der Waals surface area contributed by atoms with Crippen LogP contribution in [0.5, 0.6) is 0 Å². The number of aliphatic imine (C=N–C) groups is 1. The van der Waals surface area contributed by atoms with Crippen LogP contribution in [-0.2, 0) is 26.4 Å². The third-order valence-corrected chi connectivity index (χ3v) is 5.62. The van der Waals surface area contributed by atoms with Crippen LogP contribution in [0, 0.1) is 0 Å². The quantitative estimate of drug-likeness (QED) is 0.339. The smallest absolute Gasteiger partial charge is 0.191 e. The van der Waals surface area contributed by atoms with Crippen LogP contribution >= 0.6 is 35.6 Å². The first-order valence-corrected chi connectivity index (χ1v) is 10.4. The number of aryl methyl sites for hydroxylation is 2. The molecule has 2 aromatic rings. The van der Waals surface area contributed by atoms with E-state index in [2.05, 4.69) is 45.5 Å². The van der Waals surface area contributed by atoms with Crippen molar-refractivity contribution in [2.75, 3.05) is 25.0 Å². The lowest BCUT2D eigenvalue weighted by Crippen LogP contribution is -2.44. The second-order valence-electron chi connectivity index (χ2n) is 7.18. The van der Waals surface area contributed by atoms with Crippen LogP contribution in [0.3, 0.4) is 0 Å². The van der Waals surface area contributed by atoms with E-state index in [1.165, 1.54) is 16.9 Å². The van der Waals surface area contributed by atoms with Crippen molar-refractivity contribution in [1.29, 1.82) is 0 Å². The standard InChI is InChI=1S/C21H31ClN6.HI/c1-5-19-18(20(6-2)27(4)26-19)13-24-21(23-3)25-16-10-11-28(14-16)17-9-7-8-15(22)12-17;/h7-9,12,16H,5-6,10-11,13-14H2,1-4H3,(H2,23,24,25);1H. The minimum absolute atomic E-state index is 0. The van der Waals surface area contributed by atoms with Gasteiger partial charge in [0.1, 0.15) is 0 Å². The van der Waals surface area contributed by atoms with Crippen molar-refractivity contribution in [2.24, 2.45) is 12.0 Å². The Morgan fingerprint density at radius 3 is 2.76 bits per heavy atom. The van der Waals surface area contributed by atoms with Gasteiger partial charge in [0.2, 0.25) is 0 Å². The Labute approximate surface area is 196 Å². The molecule has 6 nitrogen and oxygen atoms in total. The van der Waals surface area contributed by atoms with E-state index in [1.807, 2.05) is 37.0 Å². The molecule has 8 heteroatoms. The Morgan fingerprint density at radius 1 is 1.31 bits per heavy atom.